The number of hydrogen-bond donors (Lipinski definition) is 1. The Morgan fingerprint density at radius 1 is 1.43 bits per heavy atom. The molecule has 0 aliphatic heterocycles. The maximum absolute atomic E-state index is 14.1. The molecule has 0 saturated heterocycles. The fourth-order valence-electron chi connectivity index (χ4n) is 2.17. The largest absolute Gasteiger partial charge is 0.397 e. The quantitative estimate of drug-likeness (QED) is 0.749. The summed E-state index contributed by atoms with van der Waals surface area (Å²) in [5.74, 6) is -0.594. The Balaban J connectivity index is 2.44. The molecule has 7 heteroatoms. The highest BCUT2D eigenvalue weighted by Gasteiger charge is 2.22. The Hall–Kier alpha value is -1.66. The van der Waals surface area contributed by atoms with Gasteiger partial charge in [-0.3, -0.25) is 4.79 Å². The summed E-state index contributed by atoms with van der Waals surface area (Å²) < 4.78 is 14.8. The Kier molecular flexibility index (Phi) is 5.96. The van der Waals surface area contributed by atoms with Crippen molar-refractivity contribution in [2.45, 2.75) is 26.3 Å². The fraction of sp³-hybridized carbons (Fsp3) is 0.250. The van der Waals surface area contributed by atoms with Crippen LogP contribution < -0.4 is 10.6 Å². The maximum Gasteiger partial charge on any atom is 0.227 e. The second kappa shape index (κ2) is 7.75. The number of carbonyl (C=O) groups is 1. The molecule has 0 spiro atoms. The lowest BCUT2D eigenvalue weighted by Crippen LogP contribution is -2.31. The van der Waals surface area contributed by atoms with Crippen LogP contribution >= 0.6 is 27.5 Å². The van der Waals surface area contributed by atoms with Crippen molar-refractivity contribution in [3.8, 4) is 0 Å². The monoisotopic (exact) mass is 399 g/mol. The number of anilines is 2. The highest BCUT2D eigenvalue weighted by molar-refractivity contribution is 9.10. The van der Waals surface area contributed by atoms with Crippen LogP contribution in [0.15, 0.2) is 34.9 Å². The topological polar surface area (TPSA) is 59.2 Å². The molecule has 1 aromatic heterocycles. The summed E-state index contributed by atoms with van der Waals surface area (Å²) in [6, 6.07) is 6.25. The first kappa shape index (κ1) is 17.7. The first-order valence-corrected chi connectivity index (χ1v) is 8.25. The summed E-state index contributed by atoms with van der Waals surface area (Å²) in [7, 11) is 0. The van der Waals surface area contributed by atoms with Crippen molar-refractivity contribution in [1.29, 1.82) is 0 Å². The number of amides is 1. The molecular formula is C16H16BrClFN3O. The smallest absolute Gasteiger partial charge is 0.227 e. The molecule has 1 amide bonds. The van der Waals surface area contributed by atoms with Crippen molar-refractivity contribution in [1.82, 2.24) is 4.98 Å². The molecule has 0 unspecified atom stereocenters. The van der Waals surface area contributed by atoms with Crippen LogP contribution in [0.3, 0.4) is 0 Å². The first-order valence-electron chi connectivity index (χ1n) is 7.08. The number of halogens is 3. The van der Waals surface area contributed by atoms with E-state index in [1.54, 1.807) is 18.2 Å². The third-order valence-electron chi connectivity index (χ3n) is 3.29. The molecule has 0 aliphatic carbocycles. The number of nitrogens with two attached hydrogens (primary N) is 1. The Morgan fingerprint density at radius 2 is 2.17 bits per heavy atom. The summed E-state index contributed by atoms with van der Waals surface area (Å²) in [5, 5.41) is 0.118. The van der Waals surface area contributed by atoms with Gasteiger partial charge >= 0.3 is 0 Å². The van der Waals surface area contributed by atoms with E-state index in [4.69, 9.17) is 17.3 Å². The highest BCUT2D eigenvalue weighted by atomic mass is 79.9. The average Bonchev–Trinajstić information content (AvgIpc) is 2.48. The normalized spacial score (nSPS) is 10.6. The summed E-state index contributed by atoms with van der Waals surface area (Å²) >= 11 is 9.33. The van der Waals surface area contributed by atoms with Crippen LogP contribution in [0.4, 0.5) is 15.8 Å². The molecule has 2 aromatic rings. The van der Waals surface area contributed by atoms with Gasteiger partial charge in [-0.25, -0.2) is 9.37 Å². The van der Waals surface area contributed by atoms with Crippen LogP contribution in [0.1, 0.15) is 25.3 Å². The zero-order valence-corrected chi connectivity index (χ0v) is 14.9. The molecule has 0 bridgehead atoms. The van der Waals surface area contributed by atoms with E-state index in [1.807, 2.05) is 6.92 Å². The number of hydrogen-bond acceptors (Lipinski definition) is 3. The SMILES string of the molecule is CCCC(=O)N(Cc1ccc(Br)cc1F)c1c(N)ccnc1Cl. The molecule has 0 fully saturated rings. The molecule has 0 radical (unpaired) electrons. The number of aromatic nitrogens is 1. The van der Waals surface area contributed by atoms with Gasteiger partial charge < -0.3 is 10.6 Å². The predicted octanol–water partition coefficient (Wildman–Crippen LogP) is 4.55. The van der Waals surface area contributed by atoms with Crippen LogP contribution in [0.2, 0.25) is 5.15 Å². The number of pyridine rings is 1. The molecule has 1 heterocycles. The van der Waals surface area contributed by atoms with E-state index in [0.717, 1.165) is 0 Å². The molecule has 23 heavy (non-hydrogen) atoms. The molecular weight excluding hydrogens is 385 g/mol. The molecule has 2 rings (SSSR count). The van der Waals surface area contributed by atoms with Gasteiger partial charge in [0.25, 0.3) is 0 Å². The van der Waals surface area contributed by atoms with E-state index in [9.17, 15) is 9.18 Å². The second-order valence-electron chi connectivity index (χ2n) is 5.01. The fourth-order valence-corrected chi connectivity index (χ4v) is 2.77. The molecule has 0 atom stereocenters. The number of nitrogen functional groups attached to an aromatic ring is 1. The predicted molar refractivity (Wildman–Crippen MR) is 93.9 cm³/mol. The van der Waals surface area contributed by atoms with Crippen molar-refractivity contribution >= 4 is 44.8 Å². The minimum Gasteiger partial charge on any atom is -0.397 e. The van der Waals surface area contributed by atoms with Gasteiger partial charge in [0.05, 0.1) is 12.2 Å². The lowest BCUT2D eigenvalue weighted by atomic mass is 10.1. The third-order valence-corrected chi connectivity index (χ3v) is 4.06. The van der Waals surface area contributed by atoms with Gasteiger partial charge in [-0.2, -0.15) is 0 Å². The van der Waals surface area contributed by atoms with Crippen molar-refractivity contribution in [2.24, 2.45) is 0 Å². The summed E-state index contributed by atoms with van der Waals surface area (Å²) in [4.78, 5) is 17.8. The van der Waals surface area contributed by atoms with Gasteiger partial charge in [0, 0.05) is 22.7 Å². The van der Waals surface area contributed by atoms with E-state index in [2.05, 4.69) is 20.9 Å². The minimum atomic E-state index is -0.410. The number of benzene rings is 1. The lowest BCUT2D eigenvalue weighted by molar-refractivity contribution is -0.118. The second-order valence-corrected chi connectivity index (χ2v) is 6.28. The molecule has 0 saturated carbocycles. The van der Waals surface area contributed by atoms with Crippen LogP contribution in [0, 0.1) is 5.82 Å². The maximum atomic E-state index is 14.1. The van der Waals surface area contributed by atoms with E-state index in [1.165, 1.54) is 17.2 Å². The van der Waals surface area contributed by atoms with Crippen molar-refractivity contribution in [3.05, 3.63) is 51.5 Å². The lowest BCUT2D eigenvalue weighted by Gasteiger charge is -2.25. The van der Waals surface area contributed by atoms with Crippen LogP contribution in [0.5, 0.6) is 0 Å². The number of rotatable bonds is 5. The number of carbonyl (C=O) groups excluding carboxylic acids is 1. The molecule has 1 aromatic carbocycles. The third kappa shape index (κ3) is 4.20. The van der Waals surface area contributed by atoms with Crippen LogP contribution in [0.25, 0.3) is 0 Å². The average molecular weight is 401 g/mol. The molecule has 122 valence electrons. The highest BCUT2D eigenvalue weighted by Crippen LogP contribution is 2.32. The van der Waals surface area contributed by atoms with E-state index in [0.29, 0.717) is 34.3 Å². The van der Waals surface area contributed by atoms with Gasteiger partial charge in [-0.15, -0.1) is 0 Å². The Labute approximate surface area is 147 Å². The van der Waals surface area contributed by atoms with Gasteiger partial charge in [0.15, 0.2) is 5.15 Å². The first-order chi connectivity index (χ1) is 10.9. The van der Waals surface area contributed by atoms with E-state index < -0.39 is 5.82 Å². The summed E-state index contributed by atoms with van der Waals surface area (Å²) in [6.07, 6.45) is 2.43. The molecule has 4 nitrogen and oxygen atoms in total. The zero-order chi connectivity index (χ0) is 17.0. The molecule has 0 aliphatic rings. The van der Waals surface area contributed by atoms with Gasteiger partial charge in [0.1, 0.15) is 11.5 Å². The standard InChI is InChI=1S/C16H16BrClFN3O/c1-2-3-14(23)22(15-13(20)6-7-21-16(15)18)9-10-4-5-11(17)8-12(10)19/h4-8H,2-3,9H2,1H3,(H2,20,21). The van der Waals surface area contributed by atoms with Crippen molar-refractivity contribution in [2.75, 3.05) is 10.6 Å². The van der Waals surface area contributed by atoms with Gasteiger partial charge in [0.2, 0.25) is 5.91 Å². The zero-order valence-electron chi connectivity index (χ0n) is 12.5. The van der Waals surface area contributed by atoms with Gasteiger partial charge in [-0.05, 0) is 24.6 Å². The molecule has 2 N–H and O–H groups in total. The Bertz CT molecular complexity index is 706. The summed E-state index contributed by atoms with van der Waals surface area (Å²) in [5.41, 5.74) is 6.97. The van der Waals surface area contributed by atoms with Crippen LogP contribution in [-0.2, 0) is 11.3 Å². The van der Waals surface area contributed by atoms with Crippen LogP contribution in [-0.4, -0.2) is 10.9 Å². The Morgan fingerprint density at radius 3 is 2.78 bits per heavy atom. The summed E-state index contributed by atoms with van der Waals surface area (Å²) in [6.45, 7) is 1.93. The minimum absolute atomic E-state index is 0.0353. The van der Waals surface area contributed by atoms with Crippen molar-refractivity contribution in [3.63, 3.8) is 0 Å². The van der Waals surface area contributed by atoms with E-state index >= 15 is 0 Å². The number of nitrogens with zero attached hydrogens (tertiary/aromatic N) is 2. The van der Waals surface area contributed by atoms with Gasteiger partial charge in [-0.1, -0.05) is 40.5 Å². The van der Waals surface area contributed by atoms with Crippen molar-refractivity contribution < 1.29 is 9.18 Å². The van der Waals surface area contributed by atoms with E-state index in [-0.39, 0.29) is 17.6 Å².